The van der Waals surface area contributed by atoms with Gasteiger partial charge in [0, 0.05) is 31.9 Å². The number of pyridine rings is 1. The number of rotatable bonds is 5. The average Bonchev–Trinajstić information content (AvgIpc) is 2.91. The number of nitrogens with one attached hydrogen (secondary N) is 2. The Morgan fingerprint density at radius 2 is 2.08 bits per heavy atom. The molecule has 2 N–H and O–H groups in total. The first-order valence-electron chi connectivity index (χ1n) is 8.05. The summed E-state index contributed by atoms with van der Waals surface area (Å²) in [5.41, 5.74) is -0.139. The van der Waals surface area contributed by atoms with Crippen LogP contribution in [0.2, 0.25) is 5.02 Å². The molecule has 0 aromatic carbocycles. The number of halogens is 1. The number of carbonyl (C=O) groups is 2. The molecule has 132 valence electrons. The monoisotopic (exact) mass is 354 g/mol. The first-order valence-corrected chi connectivity index (χ1v) is 8.43. The molecule has 1 aromatic heterocycles. The minimum atomic E-state index is -0.432. The molecule has 2 rings (SSSR count). The lowest BCUT2D eigenvalue weighted by atomic mass is 10.1. The molecule has 1 saturated heterocycles. The summed E-state index contributed by atoms with van der Waals surface area (Å²) in [6.45, 7) is 5.85. The van der Waals surface area contributed by atoms with E-state index in [2.05, 4.69) is 10.3 Å². The van der Waals surface area contributed by atoms with Gasteiger partial charge in [-0.05, 0) is 33.4 Å². The number of likely N-dealkylation sites (N-methyl/N-ethyl adjacent to an activating group) is 2. The molecular formula is C16H23ClN4O3. The van der Waals surface area contributed by atoms with Crippen LogP contribution >= 0.6 is 11.6 Å². The van der Waals surface area contributed by atoms with Crippen LogP contribution in [0.5, 0.6) is 0 Å². The van der Waals surface area contributed by atoms with E-state index < -0.39 is 5.56 Å². The molecule has 0 saturated carbocycles. The predicted octanol–water partition coefficient (Wildman–Crippen LogP) is 0.699. The Morgan fingerprint density at radius 1 is 1.42 bits per heavy atom. The number of H-pyrrole nitrogens is 1. The number of hydrogen-bond acceptors (Lipinski definition) is 4. The molecule has 1 fully saturated rings. The van der Waals surface area contributed by atoms with Crippen LogP contribution < -0.4 is 10.9 Å². The Morgan fingerprint density at radius 3 is 2.67 bits per heavy atom. The zero-order chi connectivity index (χ0) is 17.9. The van der Waals surface area contributed by atoms with Crippen molar-refractivity contribution in [3.8, 4) is 0 Å². The first kappa shape index (κ1) is 18.5. The minimum absolute atomic E-state index is 0.0271. The van der Waals surface area contributed by atoms with Crippen LogP contribution in [0.15, 0.2) is 17.1 Å². The number of likely N-dealkylation sites (tertiary alicyclic amines) is 1. The van der Waals surface area contributed by atoms with E-state index in [1.807, 2.05) is 25.8 Å². The molecule has 7 nitrogen and oxygen atoms in total. The average molecular weight is 355 g/mol. The summed E-state index contributed by atoms with van der Waals surface area (Å²) in [5, 5.41) is 2.87. The SMILES string of the molecule is CCN(CC)C(=O)[C@@H]1C[C@@H](NC(=O)c2c[nH]c(=O)c(Cl)c2)CN1C. The Kier molecular flexibility index (Phi) is 6.01. The summed E-state index contributed by atoms with van der Waals surface area (Å²) in [7, 11) is 1.88. The molecule has 0 unspecified atom stereocenters. The summed E-state index contributed by atoms with van der Waals surface area (Å²) >= 11 is 5.75. The number of carbonyl (C=O) groups excluding carboxylic acids is 2. The fourth-order valence-corrected chi connectivity index (χ4v) is 3.17. The van der Waals surface area contributed by atoms with E-state index in [4.69, 9.17) is 11.6 Å². The second-order valence-electron chi connectivity index (χ2n) is 5.94. The third-order valence-electron chi connectivity index (χ3n) is 4.36. The summed E-state index contributed by atoms with van der Waals surface area (Å²) < 4.78 is 0. The van der Waals surface area contributed by atoms with E-state index in [9.17, 15) is 14.4 Å². The van der Waals surface area contributed by atoms with Crippen molar-refractivity contribution in [2.24, 2.45) is 0 Å². The Hall–Kier alpha value is -1.86. The maximum atomic E-state index is 12.5. The lowest BCUT2D eigenvalue weighted by Crippen LogP contribution is -2.44. The van der Waals surface area contributed by atoms with Crippen LogP contribution in [0.3, 0.4) is 0 Å². The van der Waals surface area contributed by atoms with Gasteiger partial charge < -0.3 is 15.2 Å². The molecule has 2 heterocycles. The molecule has 1 aliphatic heterocycles. The van der Waals surface area contributed by atoms with Crippen LogP contribution in [0.1, 0.15) is 30.6 Å². The van der Waals surface area contributed by atoms with Gasteiger partial charge in [0.25, 0.3) is 11.5 Å². The van der Waals surface area contributed by atoms with Gasteiger partial charge in [-0.1, -0.05) is 11.6 Å². The minimum Gasteiger partial charge on any atom is -0.348 e. The van der Waals surface area contributed by atoms with Gasteiger partial charge in [0.15, 0.2) is 0 Å². The van der Waals surface area contributed by atoms with Crippen molar-refractivity contribution >= 4 is 23.4 Å². The topological polar surface area (TPSA) is 85.5 Å². The van der Waals surface area contributed by atoms with Gasteiger partial charge >= 0.3 is 0 Å². The highest BCUT2D eigenvalue weighted by Crippen LogP contribution is 2.18. The molecule has 2 atom stereocenters. The Balaban J connectivity index is 2.01. The highest BCUT2D eigenvalue weighted by Gasteiger charge is 2.36. The predicted molar refractivity (Wildman–Crippen MR) is 92.3 cm³/mol. The van der Waals surface area contributed by atoms with E-state index >= 15 is 0 Å². The molecule has 1 aromatic rings. The summed E-state index contributed by atoms with van der Waals surface area (Å²) in [6.07, 6.45) is 1.90. The fourth-order valence-electron chi connectivity index (χ4n) is 2.99. The number of aromatic nitrogens is 1. The molecule has 0 bridgehead atoms. The highest BCUT2D eigenvalue weighted by atomic mass is 35.5. The van der Waals surface area contributed by atoms with Gasteiger partial charge in [0.1, 0.15) is 5.02 Å². The van der Waals surface area contributed by atoms with E-state index in [1.54, 1.807) is 4.90 Å². The van der Waals surface area contributed by atoms with Crippen molar-refractivity contribution in [2.75, 3.05) is 26.7 Å². The largest absolute Gasteiger partial charge is 0.348 e. The molecule has 0 aliphatic carbocycles. The van der Waals surface area contributed by atoms with E-state index in [0.29, 0.717) is 31.6 Å². The third-order valence-corrected chi connectivity index (χ3v) is 4.64. The van der Waals surface area contributed by atoms with Crippen molar-refractivity contribution in [2.45, 2.75) is 32.4 Å². The lowest BCUT2D eigenvalue weighted by Gasteiger charge is -2.26. The van der Waals surface area contributed by atoms with Crippen molar-refractivity contribution in [3.05, 3.63) is 33.2 Å². The first-order chi connectivity index (χ1) is 11.4. The van der Waals surface area contributed by atoms with Crippen LogP contribution in [0.4, 0.5) is 0 Å². The van der Waals surface area contributed by atoms with Gasteiger partial charge in [0.2, 0.25) is 5.91 Å². The van der Waals surface area contributed by atoms with Crippen molar-refractivity contribution < 1.29 is 9.59 Å². The number of aromatic amines is 1. The second-order valence-corrected chi connectivity index (χ2v) is 6.34. The zero-order valence-electron chi connectivity index (χ0n) is 14.1. The van der Waals surface area contributed by atoms with Crippen molar-refractivity contribution in [1.82, 2.24) is 20.1 Å². The van der Waals surface area contributed by atoms with Crippen LogP contribution in [-0.2, 0) is 4.79 Å². The molecule has 8 heteroatoms. The summed E-state index contributed by atoms with van der Waals surface area (Å²) in [5.74, 6) is -0.228. The van der Waals surface area contributed by atoms with Crippen LogP contribution in [-0.4, -0.2) is 65.4 Å². The molecule has 0 spiro atoms. The van der Waals surface area contributed by atoms with E-state index in [1.165, 1.54) is 12.3 Å². The highest BCUT2D eigenvalue weighted by molar-refractivity contribution is 6.30. The molecule has 24 heavy (non-hydrogen) atoms. The second kappa shape index (κ2) is 7.81. The molecule has 0 radical (unpaired) electrons. The number of nitrogens with zero attached hydrogens (tertiary/aromatic N) is 2. The quantitative estimate of drug-likeness (QED) is 0.815. The molecule has 1 aliphatic rings. The standard InChI is InChI=1S/C16H23ClN4O3/c1-4-21(5-2)16(24)13-7-11(9-20(13)3)19-14(22)10-6-12(17)15(23)18-8-10/h6,8,11,13H,4-5,7,9H2,1-3H3,(H,18,23)(H,19,22)/t11-,13+/m1/s1. The van der Waals surface area contributed by atoms with Gasteiger partial charge in [0.05, 0.1) is 11.6 Å². The fraction of sp³-hybridized carbons (Fsp3) is 0.562. The van der Waals surface area contributed by atoms with Gasteiger partial charge in [-0.15, -0.1) is 0 Å². The van der Waals surface area contributed by atoms with Crippen molar-refractivity contribution in [3.63, 3.8) is 0 Å². The maximum Gasteiger partial charge on any atom is 0.266 e. The number of amides is 2. The Labute approximate surface area is 146 Å². The zero-order valence-corrected chi connectivity index (χ0v) is 14.9. The van der Waals surface area contributed by atoms with Crippen LogP contribution in [0.25, 0.3) is 0 Å². The molecular weight excluding hydrogens is 332 g/mol. The van der Waals surface area contributed by atoms with Gasteiger partial charge in [-0.25, -0.2) is 0 Å². The van der Waals surface area contributed by atoms with Crippen LogP contribution in [0, 0.1) is 0 Å². The normalized spacial score (nSPS) is 20.8. The van der Waals surface area contributed by atoms with E-state index in [-0.39, 0.29) is 28.9 Å². The third kappa shape index (κ3) is 3.96. The molecule has 2 amide bonds. The summed E-state index contributed by atoms with van der Waals surface area (Å²) in [4.78, 5) is 42.2. The van der Waals surface area contributed by atoms with Gasteiger partial charge in [-0.2, -0.15) is 0 Å². The maximum absolute atomic E-state index is 12.5. The number of hydrogen-bond donors (Lipinski definition) is 2. The van der Waals surface area contributed by atoms with Gasteiger partial charge in [-0.3, -0.25) is 19.3 Å². The smallest absolute Gasteiger partial charge is 0.266 e. The Bertz CT molecular complexity index is 672. The lowest BCUT2D eigenvalue weighted by molar-refractivity contribution is -0.135. The van der Waals surface area contributed by atoms with E-state index in [0.717, 1.165) is 0 Å². The van der Waals surface area contributed by atoms with Crippen molar-refractivity contribution in [1.29, 1.82) is 0 Å². The summed E-state index contributed by atoms with van der Waals surface area (Å²) in [6, 6.07) is 0.986.